The highest BCUT2D eigenvalue weighted by molar-refractivity contribution is 7.80. The molecule has 0 aromatic carbocycles. The molecule has 32 heavy (non-hydrogen) atoms. The van der Waals surface area contributed by atoms with Gasteiger partial charge in [0.1, 0.15) is 24.7 Å². The van der Waals surface area contributed by atoms with E-state index in [4.69, 9.17) is 36.4 Å². The Morgan fingerprint density at radius 2 is 1.78 bits per heavy atom. The van der Waals surface area contributed by atoms with E-state index in [1.54, 1.807) is 0 Å². The van der Waals surface area contributed by atoms with Crippen LogP contribution in [0.25, 0.3) is 0 Å². The maximum absolute atomic E-state index is 11.5. The number of carbonyl (C=O) groups excluding carboxylic acids is 3. The Hall–Kier alpha value is -3.08. The molecular formula is C16H25N3O12S. The molecule has 0 spiro atoms. The molecule has 10 N–H and O–H groups in total. The quantitative estimate of drug-likeness (QED) is 0.101. The zero-order chi connectivity index (χ0) is 25.0. The lowest BCUT2D eigenvalue weighted by Crippen LogP contribution is -2.49. The molecule has 0 aliphatic carbocycles. The normalized spacial score (nSPS) is 17.9. The van der Waals surface area contributed by atoms with Crippen molar-refractivity contribution in [2.45, 2.75) is 37.1 Å². The lowest BCUT2D eigenvalue weighted by atomic mass is 10.1. The zero-order valence-electron chi connectivity index (χ0n) is 16.5. The molecule has 0 unspecified atom stereocenters. The number of nitrogens with two attached hydrogens (primary N) is 1. The van der Waals surface area contributed by atoms with E-state index in [0.717, 1.165) is 0 Å². The van der Waals surface area contributed by atoms with E-state index < -0.39 is 78.7 Å². The molecule has 1 aliphatic heterocycles. The summed E-state index contributed by atoms with van der Waals surface area (Å²) in [4.78, 5) is 54.3. The third-order valence-corrected chi connectivity index (χ3v) is 4.09. The highest BCUT2D eigenvalue weighted by Crippen LogP contribution is 2.20. The minimum atomic E-state index is -1.42. The molecule has 0 saturated heterocycles. The van der Waals surface area contributed by atoms with Crippen molar-refractivity contribution < 1.29 is 59.3 Å². The SMILES string of the molecule is N[C@@H](CCC(=O)N[C@@H](CS)C(=O)NCC(=O)O)C(=O)O.O=C1O[C@H]([C@@H](O)CO)C(O)=C1O. The maximum atomic E-state index is 11.5. The van der Waals surface area contributed by atoms with Gasteiger partial charge in [-0.25, -0.2) is 4.79 Å². The molecule has 0 saturated carbocycles. The summed E-state index contributed by atoms with van der Waals surface area (Å²) in [6.07, 6.45) is -3.01. The average Bonchev–Trinajstić information content (AvgIpc) is 3.00. The standard InChI is InChI=1S/C10H17N3O6S.C6H8O6/c11-5(10(18)19)1-2-7(14)13-6(4-20)9(17)12-3-8(15)16;7-1-2(8)5-3(9)4(10)6(11)12-5/h5-6,20H,1-4,11H2,(H,12,17)(H,13,14)(H,15,16)(H,18,19);2,5,7-10H,1H2/t5-,6-;2-,5+/m00/s1. The van der Waals surface area contributed by atoms with Gasteiger partial charge in [0.2, 0.25) is 17.6 Å². The van der Waals surface area contributed by atoms with E-state index in [1.165, 1.54) is 0 Å². The number of carboxylic acids is 2. The summed E-state index contributed by atoms with van der Waals surface area (Å²) < 4.78 is 4.32. The van der Waals surface area contributed by atoms with Crippen LogP contribution in [0.2, 0.25) is 0 Å². The second kappa shape index (κ2) is 14.1. The van der Waals surface area contributed by atoms with Crippen LogP contribution in [0.5, 0.6) is 0 Å². The molecule has 16 heteroatoms. The van der Waals surface area contributed by atoms with Crippen LogP contribution in [0.4, 0.5) is 0 Å². The Morgan fingerprint density at radius 3 is 2.19 bits per heavy atom. The molecule has 1 heterocycles. The molecule has 0 radical (unpaired) electrons. The van der Waals surface area contributed by atoms with Crippen molar-refractivity contribution in [3.63, 3.8) is 0 Å². The number of carbonyl (C=O) groups is 5. The smallest absolute Gasteiger partial charge is 0.377 e. The second-order valence-corrected chi connectivity index (χ2v) is 6.57. The number of thiol groups is 1. The fourth-order valence-electron chi connectivity index (χ4n) is 1.98. The van der Waals surface area contributed by atoms with E-state index in [9.17, 15) is 24.0 Å². The zero-order valence-corrected chi connectivity index (χ0v) is 17.4. The molecule has 15 nitrogen and oxygen atoms in total. The topological polar surface area (TPSA) is 266 Å². The Morgan fingerprint density at radius 1 is 1.19 bits per heavy atom. The minimum Gasteiger partial charge on any atom is -0.505 e. The highest BCUT2D eigenvalue weighted by Gasteiger charge is 2.38. The second-order valence-electron chi connectivity index (χ2n) is 6.21. The lowest BCUT2D eigenvalue weighted by Gasteiger charge is -2.16. The first-order valence-electron chi connectivity index (χ1n) is 8.85. The number of aliphatic hydroxyl groups is 4. The number of hydrogen-bond donors (Lipinski definition) is 10. The monoisotopic (exact) mass is 483 g/mol. The van der Waals surface area contributed by atoms with Gasteiger partial charge in [-0.3, -0.25) is 19.2 Å². The van der Waals surface area contributed by atoms with Crippen molar-refractivity contribution in [2.24, 2.45) is 5.73 Å². The van der Waals surface area contributed by atoms with E-state index >= 15 is 0 Å². The summed E-state index contributed by atoms with van der Waals surface area (Å²) in [7, 11) is 0. The van der Waals surface area contributed by atoms with Gasteiger partial charge in [0.05, 0.1) is 6.61 Å². The molecule has 4 atom stereocenters. The van der Waals surface area contributed by atoms with Gasteiger partial charge in [-0.2, -0.15) is 12.6 Å². The van der Waals surface area contributed by atoms with Crippen LogP contribution < -0.4 is 16.4 Å². The number of carboxylic acid groups (broad SMARTS) is 2. The summed E-state index contributed by atoms with van der Waals surface area (Å²) in [5, 5.41) is 56.4. The van der Waals surface area contributed by atoms with Gasteiger partial charge < -0.3 is 51.7 Å². The first-order chi connectivity index (χ1) is 14.8. The van der Waals surface area contributed by atoms with Crippen molar-refractivity contribution >= 4 is 42.4 Å². The summed E-state index contributed by atoms with van der Waals surface area (Å²) in [5.41, 5.74) is 5.23. The number of nitrogens with one attached hydrogen (secondary N) is 2. The van der Waals surface area contributed by atoms with Crippen molar-refractivity contribution in [3.05, 3.63) is 11.5 Å². The molecule has 1 rings (SSSR count). The molecule has 182 valence electrons. The fraction of sp³-hybridized carbons (Fsp3) is 0.562. The summed E-state index contributed by atoms with van der Waals surface area (Å²) in [6.45, 7) is -1.24. The largest absolute Gasteiger partial charge is 0.505 e. The van der Waals surface area contributed by atoms with Crippen molar-refractivity contribution in [3.8, 4) is 0 Å². The molecule has 0 aromatic heterocycles. The number of amides is 2. The average molecular weight is 483 g/mol. The van der Waals surface area contributed by atoms with Crippen molar-refractivity contribution in [1.29, 1.82) is 0 Å². The van der Waals surface area contributed by atoms with Crippen LogP contribution in [-0.4, -0.2) is 104 Å². The molecule has 1 aliphatic rings. The van der Waals surface area contributed by atoms with E-state index in [0.29, 0.717) is 0 Å². The Labute approximate surface area is 186 Å². The van der Waals surface area contributed by atoms with Crippen LogP contribution in [-0.2, 0) is 28.7 Å². The number of aliphatic carboxylic acids is 2. The van der Waals surface area contributed by atoms with Gasteiger partial charge in [0.25, 0.3) is 0 Å². The number of hydrogen-bond acceptors (Lipinski definition) is 12. The summed E-state index contributed by atoms with van der Waals surface area (Å²) >= 11 is 3.87. The summed E-state index contributed by atoms with van der Waals surface area (Å²) in [6, 6.07) is -2.15. The van der Waals surface area contributed by atoms with Crippen molar-refractivity contribution in [1.82, 2.24) is 10.6 Å². The lowest BCUT2D eigenvalue weighted by molar-refractivity contribution is -0.147. The van der Waals surface area contributed by atoms with Gasteiger partial charge in [-0.15, -0.1) is 0 Å². The third-order valence-electron chi connectivity index (χ3n) is 3.72. The van der Waals surface area contributed by atoms with Gasteiger partial charge in [0, 0.05) is 12.2 Å². The molecule has 0 fully saturated rings. The van der Waals surface area contributed by atoms with Gasteiger partial charge in [-0.1, -0.05) is 0 Å². The first kappa shape index (κ1) is 28.9. The van der Waals surface area contributed by atoms with Crippen LogP contribution in [0.1, 0.15) is 12.8 Å². The van der Waals surface area contributed by atoms with Gasteiger partial charge in [-0.05, 0) is 6.42 Å². The minimum absolute atomic E-state index is 0.0256. The van der Waals surface area contributed by atoms with Gasteiger partial charge in [0.15, 0.2) is 11.9 Å². The number of ether oxygens (including phenoxy) is 1. The Bertz CT molecular complexity index is 744. The fourth-order valence-corrected chi connectivity index (χ4v) is 2.24. The van der Waals surface area contributed by atoms with Crippen LogP contribution >= 0.6 is 12.6 Å². The third kappa shape index (κ3) is 9.82. The molecule has 0 bridgehead atoms. The Kier molecular flexibility index (Phi) is 12.7. The Balaban J connectivity index is 0.000000677. The maximum Gasteiger partial charge on any atom is 0.377 e. The molecule has 2 amide bonds. The van der Waals surface area contributed by atoms with Gasteiger partial charge >= 0.3 is 17.9 Å². The number of esters is 1. The molecular weight excluding hydrogens is 458 g/mol. The number of cyclic esters (lactones) is 1. The number of rotatable bonds is 11. The number of aliphatic hydroxyl groups excluding tert-OH is 4. The van der Waals surface area contributed by atoms with Crippen molar-refractivity contribution in [2.75, 3.05) is 18.9 Å². The van der Waals surface area contributed by atoms with Crippen LogP contribution in [0, 0.1) is 0 Å². The first-order valence-corrected chi connectivity index (χ1v) is 9.48. The summed E-state index contributed by atoms with van der Waals surface area (Å²) in [5.74, 6) is -6.48. The van der Waals surface area contributed by atoms with E-state index in [2.05, 4.69) is 28.0 Å². The molecule has 0 aromatic rings. The van der Waals surface area contributed by atoms with E-state index in [1.807, 2.05) is 0 Å². The predicted octanol–water partition coefficient (Wildman–Crippen LogP) is -3.61. The highest BCUT2D eigenvalue weighted by atomic mass is 32.1. The van der Waals surface area contributed by atoms with Crippen LogP contribution in [0.15, 0.2) is 11.5 Å². The van der Waals surface area contributed by atoms with E-state index in [-0.39, 0.29) is 18.6 Å². The van der Waals surface area contributed by atoms with Crippen LogP contribution in [0.3, 0.4) is 0 Å². The predicted molar refractivity (Wildman–Crippen MR) is 107 cm³/mol.